The number of benzene rings is 1. The molecular formula is C8H12N2O4S. The minimum absolute atomic E-state index is 0.000535. The van der Waals surface area contributed by atoms with Crippen molar-refractivity contribution < 1.29 is 18.4 Å². The smallest absolute Gasteiger partial charge is 0.264 e. The molecule has 0 saturated heterocycles. The first-order valence-electron chi connectivity index (χ1n) is 4.01. The summed E-state index contributed by atoms with van der Waals surface area (Å²) in [7, 11) is -1.21. The van der Waals surface area contributed by atoms with Gasteiger partial charge in [0.05, 0.1) is 17.7 Å². The topological polar surface area (TPSA) is 92.9 Å². The number of nitrogens with zero attached hydrogens (tertiary/aromatic N) is 1. The van der Waals surface area contributed by atoms with Crippen LogP contribution in [0.15, 0.2) is 23.1 Å². The van der Waals surface area contributed by atoms with Crippen LogP contribution in [0.3, 0.4) is 0 Å². The highest BCUT2D eigenvalue weighted by Gasteiger charge is 2.21. The Morgan fingerprint density at radius 2 is 2.07 bits per heavy atom. The van der Waals surface area contributed by atoms with Gasteiger partial charge in [0, 0.05) is 7.05 Å². The van der Waals surface area contributed by atoms with E-state index in [0.717, 1.165) is 0 Å². The van der Waals surface area contributed by atoms with Crippen molar-refractivity contribution in [1.82, 2.24) is 4.47 Å². The summed E-state index contributed by atoms with van der Waals surface area (Å²) < 4.78 is 24.1. The van der Waals surface area contributed by atoms with E-state index in [-0.39, 0.29) is 16.3 Å². The lowest BCUT2D eigenvalue weighted by Crippen LogP contribution is -2.25. The second-order valence-corrected chi connectivity index (χ2v) is 4.75. The second-order valence-electron chi connectivity index (χ2n) is 2.82. The first kappa shape index (κ1) is 11.8. The zero-order valence-corrected chi connectivity index (χ0v) is 9.15. The van der Waals surface area contributed by atoms with Gasteiger partial charge in [-0.05, 0) is 18.2 Å². The van der Waals surface area contributed by atoms with Gasteiger partial charge in [0.25, 0.3) is 10.0 Å². The Kier molecular flexibility index (Phi) is 3.18. The van der Waals surface area contributed by atoms with Crippen molar-refractivity contribution in [3.05, 3.63) is 18.2 Å². The first-order valence-corrected chi connectivity index (χ1v) is 5.45. The lowest BCUT2D eigenvalue weighted by atomic mass is 10.3. The van der Waals surface area contributed by atoms with Crippen molar-refractivity contribution in [2.24, 2.45) is 0 Å². The van der Waals surface area contributed by atoms with Crippen LogP contribution in [0.4, 0.5) is 5.69 Å². The maximum absolute atomic E-state index is 11.7. The van der Waals surface area contributed by atoms with Crippen LogP contribution in [0.5, 0.6) is 5.75 Å². The minimum Gasteiger partial charge on any atom is -0.506 e. The standard InChI is InChI=1S/C8H12N2O4S/c1-10(14-2)15(12,13)6-3-4-8(11)7(9)5-6/h3-5,11H,9H2,1-2H3. The van der Waals surface area contributed by atoms with Crippen LogP contribution in [0.1, 0.15) is 0 Å². The van der Waals surface area contributed by atoms with Crippen LogP contribution in [0, 0.1) is 0 Å². The predicted molar refractivity (Wildman–Crippen MR) is 54.5 cm³/mol. The predicted octanol–water partition coefficient (Wildman–Crippen LogP) is 0.156. The van der Waals surface area contributed by atoms with Crippen LogP contribution in [-0.2, 0) is 14.9 Å². The monoisotopic (exact) mass is 232 g/mol. The van der Waals surface area contributed by atoms with Gasteiger partial charge in [-0.2, -0.15) is 0 Å². The number of hydrogen-bond donors (Lipinski definition) is 2. The van der Waals surface area contributed by atoms with E-state index in [2.05, 4.69) is 4.84 Å². The van der Waals surface area contributed by atoms with E-state index in [0.29, 0.717) is 4.47 Å². The summed E-state index contributed by atoms with van der Waals surface area (Å²) in [6.07, 6.45) is 0. The summed E-state index contributed by atoms with van der Waals surface area (Å²) in [5, 5.41) is 9.14. The molecule has 0 unspecified atom stereocenters. The number of sulfonamides is 1. The maximum atomic E-state index is 11.7. The van der Waals surface area contributed by atoms with E-state index in [1.54, 1.807) is 0 Å². The average Bonchev–Trinajstić information content (AvgIpc) is 2.20. The fraction of sp³-hybridized carbons (Fsp3) is 0.250. The molecule has 0 aromatic heterocycles. The molecule has 1 rings (SSSR count). The number of anilines is 1. The Hall–Kier alpha value is -1.31. The largest absolute Gasteiger partial charge is 0.506 e. The van der Waals surface area contributed by atoms with E-state index < -0.39 is 10.0 Å². The van der Waals surface area contributed by atoms with E-state index in [1.165, 1.54) is 32.4 Å². The van der Waals surface area contributed by atoms with Crippen LogP contribution < -0.4 is 5.73 Å². The van der Waals surface area contributed by atoms with Gasteiger partial charge in [0.15, 0.2) is 0 Å². The van der Waals surface area contributed by atoms with Gasteiger partial charge in [0.2, 0.25) is 0 Å². The van der Waals surface area contributed by atoms with Crippen LogP contribution in [-0.4, -0.2) is 32.2 Å². The molecule has 0 amide bonds. The lowest BCUT2D eigenvalue weighted by molar-refractivity contribution is -0.0258. The first-order chi connectivity index (χ1) is 6.89. The highest BCUT2D eigenvalue weighted by atomic mass is 32.2. The number of phenolic OH excluding ortho intramolecular Hbond substituents is 1. The number of aromatic hydroxyl groups is 1. The maximum Gasteiger partial charge on any atom is 0.264 e. The molecule has 7 heteroatoms. The molecule has 0 bridgehead atoms. The average molecular weight is 232 g/mol. The highest BCUT2D eigenvalue weighted by molar-refractivity contribution is 7.89. The van der Waals surface area contributed by atoms with E-state index in [4.69, 9.17) is 10.8 Å². The molecule has 15 heavy (non-hydrogen) atoms. The normalized spacial score (nSPS) is 11.9. The molecule has 1 aromatic rings. The summed E-state index contributed by atoms with van der Waals surface area (Å²) in [5.74, 6) is -0.158. The molecule has 84 valence electrons. The molecule has 6 nitrogen and oxygen atoms in total. The fourth-order valence-corrected chi connectivity index (χ4v) is 1.95. The van der Waals surface area contributed by atoms with Gasteiger partial charge in [0.1, 0.15) is 5.75 Å². The third-order valence-electron chi connectivity index (χ3n) is 1.89. The van der Waals surface area contributed by atoms with Crippen LogP contribution in [0.25, 0.3) is 0 Å². The fourth-order valence-electron chi connectivity index (χ4n) is 0.940. The van der Waals surface area contributed by atoms with Gasteiger partial charge < -0.3 is 10.8 Å². The molecule has 1 aromatic carbocycles. The molecule has 0 aliphatic heterocycles. The molecule has 0 radical (unpaired) electrons. The van der Waals surface area contributed by atoms with E-state index in [1.807, 2.05) is 0 Å². The Bertz CT molecular complexity index is 458. The molecular weight excluding hydrogens is 220 g/mol. The third kappa shape index (κ3) is 2.20. The third-order valence-corrected chi connectivity index (χ3v) is 3.57. The summed E-state index contributed by atoms with van der Waals surface area (Å²) in [6.45, 7) is 0. The summed E-state index contributed by atoms with van der Waals surface area (Å²) in [6, 6.07) is 3.63. The van der Waals surface area contributed by atoms with Crippen molar-refractivity contribution in [2.45, 2.75) is 4.90 Å². The van der Waals surface area contributed by atoms with E-state index >= 15 is 0 Å². The molecule has 0 atom stereocenters. The van der Waals surface area contributed by atoms with Crippen molar-refractivity contribution in [3.8, 4) is 5.75 Å². The minimum atomic E-state index is -3.71. The van der Waals surface area contributed by atoms with Crippen molar-refractivity contribution in [2.75, 3.05) is 19.9 Å². The Labute approximate surface area is 87.9 Å². The summed E-state index contributed by atoms with van der Waals surface area (Å²) >= 11 is 0. The Morgan fingerprint density at radius 3 is 2.53 bits per heavy atom. The van der Waals surface area contributed by atoms with Gasteiger partial charge in [-0.15, -0.1) is 0 Å². The molecule has 0 fully saturated rings. The number of nitrogen functional groups attached to an aromatic ring is 1. The molecule has 0 heterocycles. The van der Waals surface area contributed by atoms with Crippen molar-refractivity contribution in [1.29, 1.82) is 0 Å². The summed E-state index contributed by atoms with van der Waals surface area (Å²) in [4.78, 5) is 4.54. The number of rotatable bonds is 3. The number of hydroxylamine groups is 1. The zero-order chi connectivity index (χ0) is 11.6. The number of phenols is 1. The van der Waals surface area contributed by atoms with Crippen molar-refractivity contribution in [3.63, 3.8) is 0 Å². The van der Waals surface area contributed by atoms with Gasteiger partial charge in [-0.3, -0.25) is 4.84 Å². The Balaban J connectivity index is 3.23. The molecule has 0 spiro atoms. The van der Waals surface area contributed by atoms with Crippen molar-refractivity contribution >= 4 is 15.7 Å². The molecule has 0 aliphatic carbocycles. The van der Waals surface area contributed by atoms with E-state index in [9.17, 15) is 8.42 Å². The zero-order valence-electron chi connectivity index (χ0n) is 8.34. The van der Waals surface area contributed by atoms with Crippen LogP contribution in [0.2, 0.25) is 0 Å². The SMILES string of the molecule is CON(C)S(=O)(=O)c1ccc(O)c(N)c1. The quantitative estimate of drug-likeness (QED) is 0.440. The van der Waals surface area contributed by atoms with Gasteiger partial charge in [-0.25, -0.2) is 8.42 Å². The lowest BCUT2D eigenvalue weighted by Gasteiger charge is -2.14. The molecule has 0 saturated carbocycles. The number of hydrogen-bond acceptors (Lipinski definition) is 5. The van der Waals surface area contributed by atoms with Crippen LogP contribution >= 0.6 is 0 Å². The van der Waals surface area contributed by atoms with Gasteiger partial charge >= 0.3 is 0 Å². The summed E-state index contributed by atoms with van der Waals surface area (Å²) in [5.41, 5.74) is 5.39. The molecule has 3 N–H and O–H groups in total. The molecule has 0 aliphatic rings. The van der Waals surface area contributed by atoms with Gasteiger partial charge in [-0.1, -0.05) is 4.47 Å². The second kappa shape index (κ2) is 4.05. The number of nitrogens with two attached hydrogens (primary N) is 1. The highest BCUT2D eigenvalue weighted by Crippen LogP contribution is 2.24. The Morgan fingerprint density at radius 1 is 1.47 bits per heavy atom.